The van der Waals surface area contributed by atoms with Crippen LogP contribution in [0.15, 0.2) is 169 Å². The van der Waals surface area contributed by atoms with E-state index in [1.807, 2.05) is 0 Å². The Balaban J connectivity index is 0.000000224. The Bertz CT molecular complexity index is 1810. The van der Waals surface area contributed by atoms with Crippen LogP contribution in [0.2, 0.25) is 0 Å². The molecular weight excluding hydrogens is 696 g/mol. The minimum absolute atomic E-state index is 0. The van der Waals surface area contributed by atoms with Gasteiger partial charge in [-0.1, -0.05) is 48.6 Å². The Kier molecular flexibility index (Phi) is 13.5. The first-order valence-corrected chi connectivity index (χ1v) is 15.1. The van der Waals surface area contributed by atoms with Gasteiger partial charge in [0, 0.05) is 11.5 Å². The first-order chi connectivity index (χ1) is 24.3. The number of esters is 2. The Morgan fingerprint density at radius 2 is 0.667 bits per heavy atom. The molecule has 0 heterocycles. The number of carbonyl (C=O) groups is 2. The van der Waals surface area contributed by atoms with E-state index in [2.05, 4.69) is 0 Å². The maximum absolute atomic E-state index is 12.1. The van der Waals surface area contributed by atoms with E-state index in [-0.39, 0.29) is 17.1 Å². The average molecular weight is 727 g/mol. The van der Waals surface area contributed by atoms with Gasteiger partial charge in [-0.2, -0.15) is 0 Å². The molecule has 0 saturated carbocycles. The molecule has 0 unspecified atom stereocenters. The molecule has 0 radical (unpaired) electrons. The molecule has 0 atom stereocenters. The number of rotatable bonds is 10. The van der Waals surface area contributed by atoms with E-state index in [1.54, 1.807) is 160 Å². The molecule has 4 aromatic rings. The summed E-state index contributed by atoms with van der Waals surface area (Å²) in [5, 5.41) is 23.7. The van der Waals surface area contributed by atoms with Crippen molar-refractivity contribution in [2.45, 2.75) is 0 Å². The number of benzene rings is 4. The second-order valence-corrected chi connectivity index (χ2v) is 10.3. The van der Waals surface area contributed by atoms with Crippen LogP contribution in [-0.2, 0) is 17.1 Å². The van der Waals surface area contributed by atoms with Gasteiger partial charge in [0.05, 0.1) is 37.2 Å². The maximum atomic E-state index is 12.1. The molecular formula is C40H30FeO10. The SMILES string of the molecule is COc1ccc(C(=O)Oc2ccc(OC([O-])=C3C=CC=C3)cc2)cc1.COc1ccc(C(=O)Oc2ccc(OC([O-])=C3C=CC=C3)cc2)cc1.[Fe+2]. The number of allylic oxidation sites excluding steroid dienone is 10. The van der Waals surface area contributed by atoms with Crippen LogP contribution < -0.4 is 38.6 Å². The molecule has 258 valence electrons. The molecule has 0 aromatic heterocycles. The van der Waals surface area contributed by atoms with Crippen molar-refractivity contribution in [3.8, 4) is 34.5 Å². The molecule has 2 aliphatic carbocycles. The molecule has 11 heteroatoms. The van der Waals surface area contributed by atoms with E-state index in [0.717, 1.165) is 0 Å². The van der Waals surface area contributed by atoms with E-state index < -0.39 is 23.8 Å². The molecule has 2 aliphatic rings. The Morgan fingerprint density at radius 3 is 0.941 bits per heavy atom. The van der Waals surface area contributed by atoms with E-state index in [9.17, 15) is 19.8 Å². The molecule has 51 heavy (non-hydrogen) atoms. The zero-order valence-corrected chi connectivity index (χ0v) is 28.4. The standard InChI is InChI=1S/2C20H16O5.Fe/c2*1-23-16-8-6-15(7-9-16)20(22)25-18-12-10-17(11-13-18)24-19(21)14-4-2-3-5-14;/h2*2-13,21H,1H3;/q;;+2/p-2. The van der Waals surface area contributed by atoms with E-state index in [0.29, 0.717) is 56.8 Å². The number of methoxy groups -OCH3 is 2. The summed E-state index contributed by atoms with van der Waals surface area (Å²) < 4.78 is 31.1. The van der Waals surface area contributed by atoms with E-state index in [4.69, 9.17) is 28.4 Å². The van der Waals surface area contributed by atoms with Gasteiger partial charge in [0.15, 0.2) is 0 Å². The topological polar surface area (TPSA) is 136 Å². The molecule has 0 bridgehead atoms. The van der Waals surface area contributed by atoms with Gasteiger partial charge in [-0.25, -0.2) is 9.59 Å². The van der Waals surface area contributed by atoms with Crippen molar-refractivity contribution < 1.29 is 65.3 Å². The van der Waals surface area contributed by atoms with E-state index >= 15 is 0 Å². The van der Waals surface area contributed by atoms with Crippen molar-refractivity contribution in [3.63, 3.8) is 0 Å². The number of hydrogen-bond acceptors (Lipinski definition) is 10. The summed E-state index contributed by atoms with van der Waals surface area (Å²) >= 11 is 0. The van der Waals surface area contributed by atoms with Gasteiger partial charge in [0.1, 0.15) is 23.0 Å². The smallest absolute Gasteiger partial charge is 0.579 e. The van der Waals surface area contributed by atoms with Crippen molar-refractivity contribution in [1.29, 1.82) is 0 Å². The molecule has 0 N–H and O–H groups in total. The van der Waals surface area contributed by atoms with Crippen LogP contribution in [-0.4, -0.2) is 26.2 Å². The summed E-state index contributed by atoms with van der Waals surface area (Å²) in [4.78, 5) is 24.2. The van der Waals surface area contributed by atoms with Gasteiger partial charge >= 0.3 is 29.0 Å². The fourth-order valence-corrected chi connectivity index (χ4v) is 4.29. The predicted molar refractivity (Wildman–Crippen MR) is 181 cm³/mol. The molecule has 0 aliphatic heterocycles. The monoisotopic (exact) mass is 726 g/mol. The second-order valence-electron chi connectivity index (χ2n) is 10.3. The summed E-state index contributed by atoms with van der Waals surface area (Å²) in [6.45, 7) is 0. The van der Waals surface area contributed by atoms with Crippen molar-refractivity contribution in [1.82, 2.24) is 0 Å². The summed E-state index contributed by atoms with van der Waals surface area (Å²) in [5.41, 5.74) is 1.78. The van der Waals surface area contributed by atoms with Gasteiger partial charge in [0.2, 0.25) is 0 Å². The third kappa shape index (κ3) is 10.8. The van der Waals surface area contributed by atoms with Crippen molar-refractivity contribution in [2.24, 2.45) is 0 Å². The van der Waals surface area contributed by atoms with Gasteiger partial charge in [0.25, 0.3) is 0 Å². The molecule has 0 saturated heterocycles. The minimum atomic E-state index is -0.482. The maximum Gasteiger partial charge on any atom is 2.00 e. The normalized spacial score (nSPS) is 11.9. The number of carbonyl (C=O) groups excluding carboxylic acids is 2. The fourth-order valence-electron chi connectivity index (χ4n) is 4.29. The van der Waals surface area contributed by atoms with Crippen molar-refractivity contribution in [2.75, 3.05) is 14.2 Å². The van der Waals surface area contributed by atoms with Crippen LogP contribution in [0.5, 0.6) is 34.5 Å². The Hall–Kier alpha value is -6.42. The van der Waals surface area contributed by atoms with Crippen molar-refractivity contribution >= 4 is 11.9 Å². The Labute approximate surface area is 304 Å². The third-order valence-electron chi connectivity index (χ3n) is 6.94. The Morgan fingerprint density at radius 1 is 0.412 bits per heavy atom. The largest absolute Gasteiger partial charge is 2.00 e. The molecule has 6 rings (SSSR count). The quantitative estimate of drug-likeness (QED) is 0.0832. The van der Waals surface area contributed by atoms with Crippen LogP contribution in [0, 0.1) is 0 Å². The number of ether oxygens (including phenoxy) is 6. The van der Waals surface area contributed by atoms with Gasteiger partial charge < -0.3 is 38.6 Å². The molecule has 4 aromatic carbocycles. The summed E-state index contributed by atoms with van der Waals surface area (Å²) in [5.74, 6) is 0.933. The van der Waals surface area contributed by atoms with Gasteiger partial charge in [-0.3, -0.25) is 0 Å². The zero-order valence-electron chi connectivity index (χ0n) is 27.3. The third-order valence-corrected chi connectivity index (χ3v) is 6.94. The first-order valence-electron chi connectivity index (χ1n) is 15.1. The first kappa shape index (κ1) is 37.4. The van der Waals surface area contributed by atoms with Crippen LogP contribution in [0.3, 0.4) is 0 Å². The molecule has 0 amide bonds. The van der Waals surface area contributed by atoms with Crippen LogP contribution in [0.25, 0.3) is 0 Å². The fraction of sp³-hybridized carbons (Fsp3) is 0.0500. The summed E-state index contributed by atoms with van der Waals surface area (Å²) in [7, 11) is 3.11. The van der Waals surface area contributed by atoms with Crippen molar-refractivity contribution in [3.05, 3.63) is 180 Å². The second kappa shape index (κ2) is 18.4. The molecule has 0 fully saturated rings. The summed E-state index contributed by atoms with van der Waals surface area (Å²) in [6, 6.07) is 25.7. The number of hydrogen-bond donors (Lipinski definition) is 0. The van der Waals surface area contributed by atoms with Crippen LogP contribution in [0.4, 0.5) is 0 Å². The average Bonchev–Trinajstić information content (AvgIpc) is 3.90. The molecule has 0 spiro atoms. The zero-order chi connectivity index (χ0) is 35.3. The molecule has 10 nitrogen and oxygen atoms in total. The predicted octanol–water partition coefficient (Wildman–Crippen LogP) is 5.98. The summed E-state index contributed by atoms with van der Waals surface area (Å²) in [6.07, 6.45) is 13.7. The van der Waals surface area contributed by atoms with Crippen LogP contribution >= 0.6 is 0 Å². The van der Waals surface area contributed by atoms with Crippen LogP contribution in [0.1, 0.15) is 20.7 Å². The minimum Gasteiger partial charge on any atom is -0.579 e. The van der Waals surface area contributed by atoms with E-state index in [1.165, 1.54) is 0 Å². The van der Waals surface area contributed by atoms with Gasteiger partial charge in [-0.05, 0) is 108 Å². The van der Waals surface area contributed by atoms with Gasteiger partial charge in [-0.15, -0.1) is 0 Å².